The van der Waals surface area contributed by atoms with E-state index >= 15 is 0 Å². The molecular weight excluding hydrogens is 202 g/mol. The zero-order chi connectivity index (χ0) is 11.4. The normalized spacial score (nSPS) is 38.6. The summed E-state index contributed by atoms with van der Waals surface area (Å²) >= 11 is 0. The minimum atomic E-state index is 0.0739. The van der Waals surface area contributed by atoms with Crippen LogP contribution in [-0.2, 0) is 4.74 Å². The highest BCUT2D eigenvalue weighted by atomic mass is 16.5. The summed E-state index contributed by atoms with van der Waals surface area (Å²) in [5.74, 6) is 0. The van der Waals surface area contributed by atoms with E-state index in [1.807, 2.05) is 6.26 Å². The lowest BCUT2D eigenvalue weighted by Crippen LogP contribution is -2.45. The van der Waals surface area contributed by atoms with E-state index in [1.165, 1.54) is 12.8 Å². The molecular formula is C13H23NO2. The molecule has 2 N–H and O–H groups in total. The number of hydrogen-bond acceptors (Lipinski definition) is 3. The molecule has 3 nitrogen and oxygen atoms in total. The first kappa shape index (κ1) is 11.9. The summed E-state index contributed by atoms with van der Waals surface area (Å²) in [5.41, 5.74) is 0.0739. The van der Waals surface area contributed by atoms with Crippen molar-refractivity contribution in [1.82, 2.24) is 5.32 Å². The molecule has 16 heavy (non-hydrogen) atoms. The van der Waals surface area contributed by atoms with Crippen molar-refractivity contribution < 1.29 is 9.84 Å². The van der Waals surface area contributed by atoms with Gasteiger partial charge in [-0.1, -0.05) is 13.3 Å². The van der Waals surface area contributed by atoms with E-state index in [0.29, 0.717) is 12.1 Å². The third-order valence-corrected chi connectivity index (χ3v) is 4.06. The van der Waals surface area contributed by atoms with Crippen molar-refractivity contribution in [2.24, 2.45) is 5.41 Å². The van der Waals surface area contributed by atoms with Gasteiger partial charge in [-0.2, -0.15) is 0 Å². The second-order valence-corrected chi connectivity index (χ2v) is 5.37. The van der Waals surface area contributed by atoms with Gasteiger partial charge in [0, 0.05) is 24.6 Å². The van der Waals surface area contributed by atoms with E-state index in [2.05, 4.69) is 18.3 Å². The van der Waals surface area contributed by atoms with Crippen LogP contribution in [0.25, 0.3) is 0 Å². The average Bonchev–Trinajstić information content (AvgIpc) is 2.70. The molecule has 0 radical (unpaired) electrons. The maximum absolute atomic E-state index is 9.45. The van der Waals surface area contributed by atoms with Gasteiger partial charge in [0.15, 0.2) is 0 Å². The molecule has 1 heterocycles. The molecule has 0 spiro atoms. The van der Waals surface area contributed by atoms with Gasteiger partial charge < -0.3 is 15.2 Å². The third-order valence-electron chi connectivity index (χ3n) is 4.06. The molecule has 3 atom stereocenters. The number of aliphatic hydroxyl groups excluding tert-OH is 1. The Morgan fingerprint density at radius 3 is 3.06 bits per heavy atom. The molecule has 1 aliphatic heterocycles. The van der Waals surface area contributed by atoms with Crippen molar-refractivity contribution >= 4 is 0 Å². The predicted molar refractivity (Wildman–Crippen MR) is 64.1 cm³/mol. The van der Waals surface area contributed by atoms with Crippen LogP contribution in [-0.4, -0.2) is 30.4 Å². The molecule has 0 aromatic carbocycles. The fourth-order valence-electron chi connectivity index (χ4n) is 2.78. The topological polar surface area (TPSA) is 41.5 Å². The van der Waals surface area contributed by atoms with Crippen molar-refractivity contribution in [3.63, 3.8) is 0 Å². The van der Waals surface area contributed by atoms with E-state index in [4.69, 9.17) is 4.74 Å². The highest BCUT2D eigenvalue weighted by molar-refractivity contribution is 4.94. The van der Waals surface area contributed by atoms with Crippen molar-refractivity contribution in [3.8, 4) is 0 Å². The molecule has 1 saturated carbocycles. The number of allylic oxidation sites excluding steroid dienone is 1. The Balaban J connectivity index is 1.78. The van der Waals surface area contributed by atoms with Gasteiger partial charge in [0.25, 0.3) is 0 Å². The molecule has 0 bridgehead atoms. The summed E-state index contributed by atoms with van der Waals surface area (Å²) in [6.07, 6.45) is 9.96. The minimum absolute atomic E-state index is 0.0739. The van der Waals surface area contributed by atoms with Crippen LogP contribution in [0.1, 0.15) is 39.0 Å². The van der Waals surface area contributed by atoms with Gasteiger partial charge in [-0.3, -0.25) is 0 Å². The van der Waals surface area contributed by atoms with Crippen molar-refractivity contribution in [1.29, 1.82) is 0 Å². The van der Waals surface area contributed by atoms with E-state index < -0.39 is 0 Å². The average molecular weight is 225 g/mol. The summed E-state index contributed by atoms with van der Waals surface area (Å²) in [6, 6.07) is 0.451. The van der Waals surface area contributed by atoms with E-state index in [9.17, 15) is 5.11 Å². The lowest BCUT2D eigenvalue weighted by atomic mass is 9.85. The Kier molecular flexibility index (Phi) is 3.87. The summed E-state index contributed by atoms with van der Waals surface area (Å²) in [7, 11) is 0. The molecule has 2 aliphatic rings. The van der Waals surface area contributed by atoms with Gasteiger partial charge >= 0.3 is 0 Å². The number of rotatable bonds is 4. The Bertz CT molecular complexity index is 254. The zero-order valence-corrected chi connectivity index (χ0v) is 10.1. The molecule has 0 amide bonds. The van der Waals surface area contributed by atoms with Gasteiger partial charge in [-0.25, -0.2) is 0 Å². The van der Waals surface area contributed by atoms with Crippen LogP contribution in [0.4, 0.5) is 0 Å². The highest BCUT2D eigenvalue weighted by Crippen LogP contribution is 2.37. The van der Waals surface area contributed by atoms with Crippen molar-refractivity contribution in [2.75, 3.05) is 13.2 Å². The number of aliphatic hydroxyl groups is 1. The standard InChI is InChI=1S/C13H23NO2/c1-13(10-15)7-4-6-12(13)14-9-11-5-2-3-8-16-11/h3,8,11-12,14-15H,2,4-7,9-10H2,1H3/t11-,12-,13+/m0/s1. The van der Waals surface area contributed by atoms with Crippen molar-refractivity contribution in [3.05, 3.63) is 12.3 Å². The van der Waals surface area contributed by atoms with Crippen LogP contribution in [0.5, 0.6) is 0 Å². The molecule has 0 saturated heterocycles. The van der Waals surface area contributed by atoms with Gasteiger partial charge in [0.2, 0.25) is 0 Å². The van der Waals surface area contributed by atoms with E-state index in [1.54, 1.807) is 0 Å². The molecule has 92 valence electrons. The van der Waals surface area contributed by atoms with Crippen LogP contribution in [0, 0.1) is 5.41 Å². The molecule has 3 heteroatoms. The fourth-order valence-corrected chi connectivity index (χ4v) is 2.78. The second kappa shape index (κ2) is 5.19. The fraction of sp³-hybridized carbons (Fsp3) is 0.846. The monoisotopic (exact) mass is 225 g/mol. The molecule has 0 aromatic heterocycles. The smallest absolute Gasteiger partial charge is 0.110 e. The predicted octanol–water partition coefficient (Wildman–Crippen LogP) is 1.82. The van der Waals surface area contributed by atoms with E-state index in [-0.39, 0.29) is 12.0 Å². The van der Waals surface area contributed by atoms with Gasteiger partial charge in [0.1, 0.15) is 6.10 Å². The first-order valence-electron chi connectivity index (χ1n) is 6.39. The van der Waals surface area contributed by atoms with E-state index in [0.717, 1.165) is 25.8 Å². The third kappa shape index (κ3) is 2.58. The van der Waals surface area contributed by atoms with Crippen LogP contribution in [0.2, 0.25) is 0 Å². The number of nitrogens with one attached hydrogen (secondary N) is 1. The van der Waals surface area contributed by atoms with Crippen molar-refractivity contribution in [2.45, 2.75) is 51.2 Å². The molecule has 2 rings (SSSR count). The number of hydrogen-bond donors (Lipinski definition) is 2. The van der Waals surface area contributed by atoms with Gasteiger partial charge in [0.05, 0.1) is 6.26 Å². The number of ether oxygens (including phenoxy) is 1. The SMILES string of the molecule is C[C@]1(CO)CCC[C@@H]1NC[C@@H]1CCC=CO1. The molecule has 0 unspecified atom stereocenters. The first-order valence-corrected chi connectivity index (χ1v) is 6.39. The lowest BCUT2D eigenvalue weighted by Gasteiger charge is -2.32. The Hall–Kier alpha value is -0.540. The van der Waals surface area contributed by atoms with Gasteiger partial charge in [-0.05, 0) is 31.8 Å². The summed E-state index contributed by atoms with van der Waals surface area (Å²) in [6.45, 7) is 3.37. The van der Waals surface area contributed by atoms with Crippen LogP contribution < -0.4 is 5.32 Å². The zero-order valence-electron chi connectivity index (χ0n) is 10.1. The lowest BCUT2D eigenvalue weighted by molar-refractivity contribution is 0.0906. The molecule has 1 fully saturated rings. The van der Waals surface area contributed by atoms with Crippen LogP contribution in [0.3, 0.4) is 0 Å². The molecule has 0 aromatic rings. The minimum Gasteiger partial charge on any atom is -0.497 e. The highest BCUT2D eigenvalue weighted by Gasteiger charge is 2.38. The first-order chi connectivity index (χ1) is 7.74. The summed E-state index contributed by atoms with van der Waals surface area (Å²) < 4.78 is 5.53. The maximum Gasteiger partial charge on any atom is 0.110 e. The summed E-state index contributed by atoms with van der Waals surface area (Å²) in [4.78, 5) is 0. The Labute approximate surface area is 97.9 Å². The Morgan fingerprint density at radius 1 is 1.50 bits per heavy atom. The van der Waals surface area contributed by atoms with Crippen LogP contribution >= 0.6 is 0 Å². The largest absolute Gasteiger partial charge is 0.497 e. The second-order valence-electron chi connectivity index (χ2n) is 5.37. The van der Waals surface area contributed by atoms with Gasteiger partial charge in [-0.15, -0.1) is 0 Å². The molecule has 1 aliphatic carbocycles. The summed E-state index contributed by atoms with van der Waals surface area (Å²) in [5, 5.41) is 13.0. The Morgan fingerprint density at radius 2 is 2.38 bits per heavy atom. The van der Waals surface area contributed by atoms with Crippen LogP contribution in [0.15, 0.2) is 12.3 Å². The maximum atomic E-state index is 9.45. The quantitative estimate of drug-likeness (QED) is 0.767.